The monoisotopic (exact) mass is 389 g/mol. The second-order valence-corrected chi connectivity index (χ2v) is 7.95. The van der Waals surface area contributed by atoms with Crippen LogP contribution < -0.4 is 4.72 Å². The van der Waals surface area contributed by atoms with Crippen LogP contribution in [0.1, 0.15) is 29.7 Å². The van der Waals surface area contributed by atoms with Gasteiger partial charge < -0.3 is 9.32 Å². The number of carbonyl (C=O) groups is 1. The van der Waals surface area contributed by atoms with Crippen LogP contribution in [0.3, 0.4) is 0 Å². The van der Waals surface area contributed by atoms with Gasteiger partial charge in [-0.25, -0.2) is 13.1 Å². The quantitative estimate of drug-likeness (QED) is 0.710. The Bertz CT molecular complexity index is 915. The average Bonchev–Trinajstić information content (AvgIpc) is 3.11. The molecule has 0 unspecified atom stereocenters. The highest BCUT2D eigenvalue weighted by molar-refractivity contribution is 7.89. The molecule has 0 saturated heterocycles. The Hall–Kier alpha value is -2.63. The zero-order valence-electron chi connectivity index (χ0n) is 15.4. The van der Waals surface area contributed by atoms with E-state index in [1.807, 2.05) is 13.0 Å². The van der Waals surface area contributed by atoms with Gasteiger partial charge in [0.1, 0.15) is 5.76 Å². The molecule has 0 fully saturated rings. The van der Waals surface area contributed by atoms with Gasteiger partial charge in [-0.2, -0.15) is 5.26 Å². The maximum Gasteiger partial charge on any atom is 0.240 e. The van der Waals surface area contributed by atoms with E-state index >= 15 is 0 Å². The number of hydrogen-bond acceptors (Lipinski definition) is 5. The summed E-state index contributed by atoms with van der Waals surface area (Å²) in [5.41, 5.74) is 1.63. The molecule has 1 amide bonds. The molecule has 1 heterocycles. The second-order valence-electron chi connectivity index (χ2n) is 6.22. The number of nitriles is 1. The minimum Gasteiger partial charge on any atom is -0.467 e. The van der Waals surface area contributed by atoms with E-state index < -0.39 is 10.0 Å². The molecule has 0 saturated carbocycles. The SMILES string of the molecule is Cc1ccc(S(=O)(=O)NCCC(=O)N(CCC#N)Cc2ccco2)c(C)c1. The minimum atomic E-state index is -3.69. The Labute approximate surface area is 159 Å². The highest BCUT2D eigenvalue weighted by Gasteiger charge is 2.19. The van der Waals surface area contributed by atoms with Gasteiger partial charge in [0.05, 0.1) is 30.2 Å². The number of hydrogen-bond donors (Lipinski definition) is 1. The summed E-state index contributed by atoms with van der Waals surface area (Å²) in [6.45, 7) is 4.12. The van der Waals surface area contributed by atoms with Crippen molar-refractivity contribution >= 4 is 15.9 Å². The summed E-state index contributed by atoms with van der Waals surface area (Å²) in [5, 5.41) is 8.77. The molecule has 0 aliphatic carbocycles. The predicted octanol–water partition coefficient (Wildman–Crippen LogP) is 2.51. The van der Waals surface area contributed by atoms with Gasteiger partial charge >= 0.3 is 0 Å². The lowest BCUT2D eigenvalue weighted by atomic mass is 10.2. The molecule has 0 aliphatic rings. The number of rotatable bonds is 9. The van der Waals surface area contributed by atoms with E-state index in [1.165, 1.54) is 11.2 Å². The Morgan fingerprint density at radius 2 is 2.07 bits per heavy atom. The molecule has 1 aromatic carbocycles. The van der Waals surface area contributed by atoms with Crippen LogP contribution in [-0.4, -0.2) is 32.3 Å². The number of nitrogens with zero attached hydrogens (tertiary/aromatic N) is 2. The molecule has 0 aliphatic heterocycles. The molecule has 144 valence electrons. The van der Waals surface area contributed by atoms with Gasteiger partial charge in [0.15, 0.2) is 0 Å². The van der Waals surface area contributed by atoms with Crippen molar-refractivity contribution in [2.75, 3.05) is 13.1 Å². The maximum absolute atomic E-state index is 12.4. The Balaban J connectivity index is 1.96. The molecule has 0 bridgehead atoms. The molecule has 7 nitrogen and oxygen atoms in total. The number of aryl methyl sites for hydroxylation is 2. The fourth-order valence-electron chi connectivity index (χ4n) is 2.70. The third-order valence-corrected chi connectivity index (χ3v) is 5.65. The number of nitrogens with one attached hydrogen (secondary N) is 1. The van der Waals surface area contributed by atoms with Gasteiger partial charge in [-0.15, -0.1) is 0 Å². The number of carbonyl (C=O) groups excluding carboxylic acids is 1. The number of furan rings is 1. The fourth-order valence-corrected chi connectivity index (χ4v) is 3.95. The highest BCUT2D eigenvalue weighted by atomic mass is 32.2. The Morgan fingerprint density at radius 1 is 1.30 bits per heavy atom. The summed E-state index contributed by atoms with van der Waals surface area (Å²) >= 11 is 0. The van der Waals surface area contributed by atoms with Crippen molar-refractivity contribution in [3.8, 4) is 6.07 Å². The van der Waals surface area contributed by atoms with Crippen molar-refractivity contribution in [2.24, 2.45) is 0 Å². The molecule has 0 atom stereocenters. The summed E-state index contributed by atoms with van der Waals surface area (Å²) in [6.07, 6.45) is 1.71. The predicted molar refractivity (Wildman–Crippen MR) is 100 cm³/mol. The van der Waals surface area contributed by atoms with Crippen LogP contribution in [0.4, 0.5) is 0 Å². The molecule has 2 aromatic rings. The molecular formula is C19H23N3O4S. The first-order valence-corrected chi connectivity index (χ1v) is 10.1. The largest absolute Gasteiger partial charge is 0.467 e. The number of sulfonamides is 1. The van der Waals surface area contributed by atoms with Crippen LogP contribution in [0.2, 0.25) is 0 Å². The van der Waals surface area contributed by atoms with E-state index in [0.717, 1.165) is 5.56 Å². The fraction of sp³-hybridized carbons (Fsp3) is 0.368. The summed E-state index contributed by atoms with van der Waals surface area (Å²) in [4.78, 5) is 14.1. The molecule has 0 radical (unpaired) electrons. The van der Waals surface area contributed by atoms with Crippen LogP contribution >= 0.6 is 0 Å². The van der Waals surface area contributed by atoms with Crippen molar-refractivity contribution in [1.82, 2.24) is 9.62 Å². The lowest BCUT2D eigenvalue weighted by molar-refractivity contribution is -0.131. The highest BCUT2D eigenvalue weighted by Crippen LogP contribution is 2.16. The van der Waals surface area contributed by atoms with Crippen LogP contribution in [0.5, 0.6) is 0 Å². The van der Waals surface area contributed by atoms with E-state index in [-0.39, 0.29) is 43.3 Å². The van der Waals surface area contributed by atoms with Gasteiger partial charge in [0, 0.05) is 19.5 Å². The smallest absolute Gasteiger partial charge is 0.240 e. The summed E-state index contributed by atoms with van der Waals surface area (Å²) in [7, 11) is -3.69. The first kappa shape index (κ1) is 20.7. The topological polar surface area (TPSA) is 103 Å². The van der Waals surface area contributed by atoms with Gasteiger partial charge in [0.25, 0.3) is 0 Å². The zero-order valence-corrected chi connectivity index (χ0v) is 16.3. The van der Waals surface area contributed by atoms with Gasteiger partial charge in [0.2, 0.25) is 15.9 Å². The molecule has 2 rings (SSSR count). The van der Waals surface area contributed by atoms with Crippen molar-refractivity contribution < 1.29 is 17.6 Å². The van der Waals surface area contributed by atoms with E-state index in [4.69, 9.17) is 9.68 Å². The normalized spacial score (nSPS) is 11.1. The van der Waals surface area contributed by atoms with E-state index in [0.29, 0.717) is 11.3 Å². The molecular weight excluding hydrogens is 366 g/mol. The third kappa shape index (κ3) is 5.94. The van der Waals surface area contributed by atoms with E-state index in [9.17, 15) is 13.2 Å². The maximum atomic E-state index is 12.4. The van der Waals surface area contributed by atoms with Gasteiger partial charge in [-0.3, -0.25) is 4.79 Å². The van der Waals surface area contributed by atoms with Crippen molar-refractivity contribution in [1.29, 1.82) is 5.26 Å². The number of amides is 1. The Kier molecular flexibility index (Phi) is 7.16. The molecule has 27 heavy (non-hydrogen) atoms. The Morgan fingerprint density at radius 3 is 2.70 bits per heavy atom. The first-order chi connectivity index (χ1) is 12.8. The van der Waals surface area contributed by atoms with Gasteiger partial charge in [-0.05, 0) is 37.6 Å². The first-order valence-electron chi connectivity index (χ1n) is 8.57. The summed E-state index contributed by atoms with van der Waals surface area (Å²) in [6, 6.07) is 10.6. The van der Waals surface area contributed by atoms with Crippen molar-refractivity contribution in [2.45, 2.75) is 38.1 Å². The van der Waals surface area contributed by atoms with Crippen molar-refractivity contribution in [3.63, 3.8) is 0 Å². The minimum absolute atomic E-state index is 0.00369. The molecule has 1 aromatic heterocycles. The standard InChI is InChI=1S/C19H23N3O4S/c1-15-6-7-18(16(2)13-15)27(24,25)21-10-8-19(23)22(11-4-9-20)14-17-5-3-12-26-17/h3,5-7,12-13,21H,4,8,10-11,14H2,1-2H3. The number of benzene rings is 1. The summed E-state index contributed by atoms with van der Waals surface area (Å²) in [5.74, 6) is 0.363. The van der Waals surface area contributed by atoms with Gasteiger partial charge in [-0.1, -0.05) is 17.7 Å². The lowest BCUT2D eigenvalue weighted by Crippen LogP contribution is -2.35. The zero-order chi connectivity index (χ0) is 19.9. The van der Waals surface area contributed by atoms with E-state index in [2.05, 4.69) is 4.72 Å². The molecule has 8 heteroatoms. The van der Waals surface area contributed by atoms with Crippen LogP contribution in [-0.2, 0) is 21.4 Å². The molecule has 0 spiro atoms. The van der Waals surface area contributed by atoms with Crippen LogP contribution in [0.15, 0.2) is 45.9 Å². The lowest BCUT2D eigenvalue weighted by Gasteiger charge is -2.20. The van der Waals surface area contributed by atoms with Crippen molar-refractivity contribution in [3.05, 3.63) is 53.5 Å². The van der Waals surface area contributed by atoms with Crippen LogP contribution in [0, 0.1) is 25.2 Å². The summed E-state index contributed by atoms with van der Waals surface area (Å²) < 4.78 is 32.6. The van der Waals surface area contributed by atoms with Crippen LogP contribution in [0.25, 0.3) is 0 Å². The molecule has 1 N–H and O–H groups in total. The second kappa shape index (κ2) is 9.35. The van der Waals surface area contributed by atoms with E-state index in [1.54, 1.807) is 37.3 Å². The third-order valence-electron chi connectivity index (χ3n) is 4.02. The average molecular weight is 389 g/mol.